The molecule has 0 aromatic rings. The van der Waals surface area contributed by atoms with Crippen LogP contribution >= 0.6 is 0 Å². The van der Waals surface area contributed by atoms with Gasteiger partial charge in [0.2, 0.25) is 0 Å². The van der Waals surface area contributed by atoms with Gasteiger partial charge in [0.05, 0.1) is 5.92 Å². The Balaban J connectivity index is 2.41. The summed E-state index contributed by atoms with van der Waals surface area (Å²) in [6.45, 7) is 12.3. The van der Waals surface area contributed by atoms with Gasteiger partial charge < -0.3 is 10.4 Å². The van der Waals surface area contributed by atoms with Gasteiger partial charge in [0, 0.05) is 18.6 Å². The van der Waals surface area contributed by atoms with Gasteiger partial charge in [-0.15, -0.1) is 0 Å². The zero-order valence-electron chi connectivity index (χ0n) is 14.3. The summed E-state index contributed by atoms with van der Waals surface area (Å²) in [5.74, 6) is -0.0216. The highest BCUT2D eigenvalue weighted by Gasteiger charge is 2.26. The Morgan fingerprint density at radius 1 is 1.19 bits per heavy atom. The molecule has 0 spiro atoms. The summed E-state index contributed by atoms with van der Waals surface area (Å²) in [5, 5.41) is 12.8. The molecule has 4 nitrogen and oxygen atoms in total. The molecule has 1 unspecified atom stereocenters. The topological polar surface area (TPSA) is 52.6 Å². The van der Waals surface area contributed by atoms with E-state index >= 15 is 0 Å². The average molecular weight is 298 g/mol. The summed E-state index contributed by atoms with van der Waals surface area (Å²) < 4.78 is 0. The quantitative estimate of drug-likeness (QED) is 0.687. The minimum atomic E-state index is -0.616. The first-order valence-electron chi connectivity index (χ1n) is 8.68. The molecule has 1 aliphatic carbocycles. The number of likely N-dealkylation sites (N-methyl/N-ethyl adjacent to an activating group) is 1. The predicted molar refractivity (Wildman–Crippen MR) is 87.5 cm³/mol. The number of hydrogen-bond acceptors (Lipinski definition) is 3. The van der Waals surface area contributed by atoms with Crippen LogP contribution in [0.2, 0.25) is 0 Å². The van der Waals surface area contributed by atoms with Crippen molar-refractivity contribution in [3.05, 3.63) is 0 Å². The van der Waals surface area contributed by atoms with E-state index in [-0.39, 0.29) is 5.92 Å². The molecule has 1 atom stereocenters. The van der Waals surface area contributed by atoms with Crippen LogP contribution in [-0.2, 0) is 4.79 Å². The normalized spacial score (nSPS) is 24.5. The molecule has 0 amide bonds. The lowest BCUT2D eigenvalue weighted by atomic mass is 9.86. The fourth-order valence-corrected chi connectivity index (χ4v) is 3.49. The Labute approximate surface area is 130 Å². The van der Waals surface area contributed by atoms with Gasteiger partial charge in [-0.05, 0) is 51.1 Å². The van der Waals surface area contributed by atoms with Crippen molar-refractivity contribution in [3.8, 4) is 0 Å². The van der Waals surface area contributed by atoms with E-state index in [4.69, 9.17) is 5.11 Å². The van der Waals surface area contributed by atoms with Crippen molar-refractivity contribution in [1.29, 1.82) is 0 Å². The highest BCUT2D eigenvalue weighted by Crippen LogP contribution is 2.24. The van der Waals surface area contributed by atoms with Gasteiger partial charge in [-0.2, -0.15) is 0 Å². The van der Waals surface area contributed by atoms with Crippen LogP contribution in [0.5, 0.6) is 0 Å². The Morgan fingerprint density at radius 3 is 2.19 bits per heavy atom. The minimum absolute atomic E-state index is 0.114. The van der Waals surface area contributed by atoms with Gasteiger partial charge in [-0.3, -0.25) is 9.69 Å². The van der Waals surface area contributed by atoms with Crippen LogP contribution in [-0.4, -0.2) is 47.7 Å². The standard InChI is InChI=1S/C17H34N2O2/c1-5-19(6-2)16(11-13(3)4)12-18-15-9-7-14(8-10-15)17(20)21/h13-16,18H,5-12H2,1-4H3,(H,20,21). The van der Waals surface area contributed by atoms with E-state index in [9.17, 15) is 4.79 Å². The van der Waals surface area contributed by atoms with E-state index in [2.05, 4.69) is 37.9 Å². The summed E-state index contributed by atoms with van der Waals surface area (Å²) in [5.41, 5.74) is 0. The largest absolute Gasteiger partial charge is 0.481 e. The smallest absolute Gasteiger partial charge is 0.306 e. The minimum Gasteiger partial charge on any atom is -0.481 e. The van der Waals surface area contributed by atoms with Crippen LogP contribution in [0.3, 0.4) is 0 Å². The first kappa shape index (κ1) is 18.4. The van der Waals surface area contributed by atoms with E-state index in [1.54, 1.807) is 0 Å². The summed E-state index contributed by atoms with van der Waals surface area (Å²) in [6.07, 6.45) is 4.88. The fourth-order valence-electron chi connectivity index (χ4n) is 3.49. The molecule has 0 aromatic carbocycles. The van der Waals surface area contributed by atoms with Crippen LogP contribution < -0.4 is 5.32 Å². The van der Waals surface area contributed by atoms with Crippen molar-refractivity contribution >= 4 is 5.97 Å². The number of nitrogens with zero attached hydrogens (tertiary/aromatic N) is 1. The van der Waals surface area contributed by atoms with Crippen LogP contribution in [0.25, 0.3) is 0 Å². The third-order valence-corrected chi connectivity index (χ3v) is 4.79. The van der Waals surface area contributed by atoms with Gasteiger partial charge in [0.15, 0.2) is 0 Å². The number of rotatable bonds is 9. The van der Waals surface area contributed by atoms with E-state index in [0.717, 1.165) is 45.3 Å². The second-order valence-corrected chi connectivity index (χ2v) is 6.80. The number of carboxylic acid groups (broad SMARTS) is 1. The second-order valence-electron chi connectivity index (χ2n) is 6.80. The van der Waals surface area contributed by atoms with E-state index in [1.165, 1.54) is 6.42 Å². The van der Waals surface area contributed by atoms with Gasteiger partial charge in [-0.25, -0.2) is 0 Å². The Kier molecular flexibility index (Phi) is 8.27. The highest BCUT2D eigenvalue weighted by molar-refractivity contribution is 5.70. The number of hydrogen-bond donors (Lipinski definition) is 2. The summed E-state index contributed by atoms with van der Waals surface area (Å²) in [6, 6.07) is 1.10. The van der Waals surface area contributed by atoms with Crippen LogP contribution in [0.1, 0.15) is 59.8 Å². The predicted octanol–water partition coefficient (Wildman–Crippen LogP) is 2.98. The molecule has 0 aliphatic heterocycles. The first-order valence-corrected chi connectivity index (χ1v) is 8.68. The van der Waals surface area contributed by atoms with Gasteiger partial charge in [-0.1, -0.05) is 27.7 Å². The van der Waals surface area contributed by atoms with E-state index < -0.39 is 5.97 Å². The lowest BCUT2D eigenvalue weighted by Crippen LogP contribution is -2.46. The Morgan fingerprint density at radius 2 is 1.76 bits per heavy atom. The van der Waals surface area contributed by atoms with Crippen LogP contribution in [0, 0.1) is 11.8 Å². The summed E-state index contributed by atoms with van der Waals surface area (Å²) in [7, 11) is 0. The number of carbonyl (C=O) groups is 1. The van der Waals surface area contributed by atoms with Gasteiger partial charge >= 0.3 is 5.97 Å². The summed E-state index contributed by atoms with van der Waals surface area (Å²) >= 11 is 0. The molecule has 2 N–H and O–H groups in total. The van der Waals surface area contributed by atoms with Gasteiger partial charge in [0.25, 0.3) is 0 Å². The third kappa shape index (κ3) is 6.35. The summed E-state index contributed by atoms with van der Waals surface area (Å²) in [4.78, 5) is 13.5. The van der Waals surface area contributed by atoms with Crippen molar-refractivity contribution in [1.82, 2.24) is 10.2 Å². The maximum Gasteiger partial charge on any atom is 0.306 e. The van der Waals surface area contributed by atoms with E-state index in [0.29, 0.717) is 18.0 Å². The second kappa shape index (κ2) is 9.42. The molecule has 1 aliphatic rings. The molecule has 1 fully saturated rings. The molecule has 1 saturated carbocycles. The van der Waals surface area contributed by atoms with Gasteiger partial charge in [0.1, 0.15) is 0 Å². The third-order valence-electron chi connectivity index (χ3n) is 4.79. The van der Waals surface area contributed by atoms with Crippen molar-refractivity contribution < 1.29 is 9.90 Å². The van der Waals surface area contributed by atoms with Crippen molar-refractivity contribution in [3.63, 3.8) is 0 Å². The monoisotopic (exact) mass is 298 g/mol. The molecule has 0 radical (unpaired) electrons. The molecule has 0 heterocycles. The fraction of sp³-hybridized carbons (Fsp3) is 0.941. The molecule has 124 valence electrons. The zero-order chi connectivity index (χ0) is 15.8. The van der Waals surface area contributed by atoms with E-state index in [1.807, 2.05) is 0 Å². The number of nitrogens with one attached hydrogen (secondary N) is 1. The van der Waals surface area contributed by atoms with Crippen molar-refractivity contribution in [2.75, 3.05) is 19.6 Å². The molecule has 1 rings (SSSR count). The SMILES string of the molecule is CCN(CC)C(CNC1CCC(C(=O)O)CC1)CC(C)C. The molecule has 4 heteroatoms. The zero-order valence-corrected chi connectivity index (χ0v) is 14.3. The lowest BCUT2D eigenvalue weighted by Gasteiger charge is -2.34. The highest BCUT2D eigenvalue weighted by atomic mass is 16.4. The molecular weight excluding hydrogens is 264 g/mol. The molecule has 21 heavy (non-hydrogen) atoms. The molecule has 0 aromatic heterocycles. The molecule has 0 saturated heterocycles. The number of carboxylic acids is 1. The Bertz CT molecular complexity index is 295. The number of aliphatic carboxylic acids is 1. The maximum atomic E-state index is 11.0. The molecule has 0 bridgehead atoms. The van der Waals surface area contributed by atoms with Crippen molar-refractivity contribution in [2.24, 2.45) is 11.8 Å². The molecular formula is C17H34N2O2. The van der Waals surface area contributed by atoms with Crippen LogP contribution in [0.15, 0.2) is 0 Å². The average Bonchev–Trinajstić information content (AvgIpc) is 2.45. The van der Waals surface area contributed by atoms with Crippen LogP contribution in [0.4, 0.5) is 0 Å². The first-order chi connectivity index (χ1) is 9.97. The maximum absolute atomic E-state index is 11.0. The lowest BCUT2D eigenvalue weighted by molar-refractivity contribution is -0.142. The Hall–Kier alpha value is -0.610. The van der Waals surface area contributed by atoms with Crippen molar-refractivity contribution in [2.45, 2.75) is 71.9 Å².